The molecule has 3 nitrogen and oxygen atoms in total. The number of piperazine rings is 1. The Morgan fingerprint density at radius 3 is 2.06 bits per heavy atom. The van der Waals surface area contributed by atoms with Gasteiger partial charge in [0.2, 0.25) is 0 Å². The lowest BCUT2D eigenvalue weighted by atomic mass is 9.84. The van der Waals surface area contributed by atoms with E-state index >= 15 is 0 Å². The first-order chi connectivity index (χ1) is 8.44. The molecule has 1 rings (SSSR count). The Balaban J connectivity index is 2.30. The molecular formula is C15H33N3. The molecule has 0 bridgehead atoms. The maximum atomic E-state index is 5.94. The highest BCUT2D eigenvalue weighted by molar-refractivity contribution is 4.77. The molecule has 0 aromatic rings. The van der Waals surface area contributed by atoms with Gasteiger partial charge in [0, 0.05) is 32.7 Å². The number of nitrogens with zero attached hydrogens (tertiary/aromatic N) is 2. The van der Waals surface area contributed by atoms with E-state index in [0.29, 0.717) is 11.3 Å². The van der Waals surface area contributed by atoms with Crippen LogP contribution in [0.25, 0.3) is 0 Å². The van der Waals surface area contributed by atoms with E-state index in [-0.39, 0.29) is 0 Å². The summed E-state index contributed by atoms with van der Waals surface area (Å²) in [5.74, 6) is 0.655. The predicted octanol–water partition coefficient (Wildman–Crippen LogP) is 2.03. The minimum Gasteiger partial charge on any atom is -0.330 e. The Bertz CT molecular complexity index is 214. The number of hydrogen-bond donors (Lipinski definition) is 1. The van der Waals surface area contributed by atoms with Crippen molar-refractivity contribution in [1.29, 1.82) is 0 Å². The molecule has 1 heterocycles. The lowest BCUT2D eigenvalue weighted by Crippen LogP contribution is -2.48. The normalized spacial score (nSPS) is 21.2. The smallest absolute Gasteiger partial charge is 0.0110 e. The van der Waals surface area contributed by atoms with Gasteiger partial charge < -0.3 is 15.5 Å². The van der Waals surface area contributed by atoms with Crippen molar-refractivity contribution in [3.8, 4) is 0 Å². The van der Waals surface area contributed by atoms with Crippen LogP contribution in [0, 0.1) is 11.3 Å². The molecule has 0 aliphatic carbocycles. The average Bonchev–Trinajstić information content (AvgIpc) is 2.29. The van der Waals surface area contributed by atoms with Crippen LogP contribution in [0.1, 0.15) is 40.5 Å². The van der Waals surface area contributed by atoms with Crippen LogP contribution >= 0.6 is 0 Å². The summed E-state index contributed by atoms with van der Waals surface area (Å²) in [5, 5.41) is 0. The largest absolute Gasteiger partial charge is 0.330 e. The third-order valence-electron chi connectivity index (χ3n) is 3.76. The second-order valence-corrected chi connectivity index (χ2v) is 7.01. The van der Waals surface area contributed by atoms with Gasteiger partial charge in [-0.1, -0.05) is 27.7 Å². The fourth-order valence-electron chi connectivity index (χ4n) is 2.97. The van der Waals surface area contributed by atoms with Crippen molar-refractivity contribution in [3.05, 3.63) is 0 Å². The van der Waals surface area contributed by atoms with Crippen molar-refractivity contribution in [2.75, 3.05) is 45.8 Å². The maximum Gasteiger partial charge on any atom is 0.0110 e. The van der Waals surface area contributed by atoms with Gasteiger partial charge in [-0.05, 0) is 37.3 Å². The van der Waals surface area contributed by atoms with E-state index in [0.717, 1.165) is 6.54 Å². The molecule has 0 radical (unpaired) electrons. The van der Waals surface area contributed by atoms with E-state index in [9.17, 15) is 0 Å². The minimum absolute atomic E-state index is 0.397. The second-order valence-electron chi connectivity index (χ2n) is 7.01. The van der Waals surface area contributed by atoms with Crippen molar-refractivity contribution < 1.29 is 0 Å². The molecule has 0 amide bonds. The Labute approximate surface area is 114 Å². The summed E-state index contributed by atoms with van der Waals surface area (Å²) < 4.78 is 0. The van der Waals surface area contributed by atoms with Gasteiger partial charge in [0.25, 0.3) is 0 Å². The first-order valence-electron chi connectivity index (χ1n) is 7.59. The van der Waals surface area contributed by atoms with Crippen LogP contribution in [0.15, 0.2) is 0 Å². The second kappa shape index (κ2) is 7.46. The molecule has 0 saturated carbocycles. The van der Waals surface area contributed by atoms with E-state index < -0.39 is 0 Å². The standard InChI is InChI=1S/C15H33N3/c1-5-6-17-7-9-18(10-8-17)13-14(12-16)11-15(2,3)4/h14H,5-13,16H2,1-4H3. The van der Waals surface area contributed by atoms with Crippen molar-refractivity contribution in [3.63, 3.8) is 0 Å². The number of hydrogen-bond acceptors (Lipinski definition) is 3. The summed E-state index contributed by atoms with van der Waals surface area (Å²) in [5.41, 5.74) is 6.33. The van der Waals surface area contributed by atoms with E-state index in [4.69, 9.17) is 5.73 Å². The first-order valence-corrected chi connectivity index (χ1v) is 7.59. The molecule has 3 heteroatoms. The van der Waals surface area contributed by atoms with Crippen LogP contribution in [-0.4, -0.2) is 55.6 Å². The topological polar surface area (TPSA) is 32.5 Å². The first kappa shape index (κ1) is 15.9. The van der Waals surface area contributed by atoms with Crippen LogP contribution in [0.2, 0.25) is 0 Å². The Morgan fingerprint density at radius 2 is 1.61 bits per heavy atom. The molecule has 0 aromatic heterocycles. The fraction of sp³-hybridized carbons (Fsp3) is 1.00. The summed E-state index contributed by atoms with van der Waals surface area (Å²) in [6.45, 7) is 17.4. The summed E-state index contributed by atoms with van der Waals surface area (Å²) in [7, 11) is 0. The van der Waals surface area contributed by atoms with Crippen molar-refractivity contribution in [2.45, 2.75) is 40.5 Å². The highest BCUT2D eigenvalue weighted by Crippen LogP contribution is 2.24. The molecule has 2 N–H and O–H groups in total. The average molecular weight is 255 g/mol. The molecule has 1 fully saturated rings. The summed E-state index contributed by atoms with van der Waals surface area (Å²) >= 11 is 0. The van der Waals surface area contributed by atoms with Crippen molar-refractivity contribution in [1.82, 2.24) is 9.80 Å². The monoisotopic (exact) mass is 255 g/mol. The van der Waals surface area contributed by atoms with Gasteiger partial charge in [-0.25, -0.2) is 0 Å². The van der Waals surface area contributed by atoms with Crippen LogP contribution in [-0.2, 0) is 0 Å². The zero-order valence-corrected chi connectivity index (χ0v) is 12.9. The quantitative estimate of drug-likeness (QED) is 0.788. The van der Waals surface area contributed by atoms with Crippen LogP contribution in [0.4, 0.5) is 0 Å². The van der Waals surface area contributed by atoms with Gasteiger partial charge in [-0.15, -0.1) is 0 Å². The van der Waals surface area contributed by atoms with E-state index in [1.807, 2.05) is 0 Å². The van der Waals surface area contributed by atoms with Gasteiger partial charge in [-0.3, -0.25) is 0 Å². The summed E-state index contributed by atoms with van der Waals surface area (Å²) in [6, 6.07) is 0. The van der Waals surface area contributed by atoms with Crippen molar-refractivity contribution >= 4 is 0 Å². The molecule has 1 aliphatic rings. The highest BCUT2D eigenvalue weighted by atomic mass is 15.3. The van der Waals surface area contributed by atoms with E-state index in [1.165, 1.54) is 52.1 Å². The molecule has 18 heavy (non-hydrogen) atoms. The predicted molar refractivity (Wildman–Crippen MR) is 79.8 cm³/mol. The van der Waals surface area contributed by atoms with Crippen LogP contribution in [0.5, 0.6) is 0 Å². The molecule has 0 spiro atoms. The number of nitrogens with two attached hydrogens (primary N) is 1. The van der Waals surface area contributed by atoms with Crippen LogP contribution < -0.4 is 5.73 Å². The van der Waals surface area contributed by atoms with Crippen LogP contribution in [0.3, 0.4) is 0 Å². The Morgan fingerprint density at radius 1 is 1.06 bits per heavy atom. The zero-order chi connectivity index (χ0) is 13.6. The molecule has 1 atom stereocenters. The molecule has 1 saturated heterocycles. The lowest BCUT2D eigenvalue weighted by Gasteiger charge is -2.37. The van der Waals surface area contributed by atoms with Gasteiger partial charge in [-0.2, -0.15) is 0 Å². The van der Waals surface area contributed by atoms with Crippen molar-refractivity contribution in [2.24, 2.45) is 17.1 Å². The molecule has 0 aromatic carbocycles. The van der Waals surface area contributed by atoms with Gasteiger partial charge in [0.1, 0.15) is 0 Å². The molecule has 1 unspecified atom stereocenters. The summed E-state index contributed by atoms with van der Waals surface area (Å²) in [6.07, 6.45) is 2.51. The van der Waals surface area contributed by atoms with Gasteiger partial charge in [0.15, 0.2) is 0 Å². The minimum atomic E-state index is 0.397. The molecule has 108 valence electrons. The number of rotatable bonds is 6. The Hall–Kier alpha value is -0.120. The zero-order valence-electron chi connectivity index (χ0n) is 12.9. The fourth-order valence-corrected chi connectivity index (χ4v) is 2.97. The van der Waals surface area contributed by atoms with Gasteiger partial charge >= 0.3 is 0 Å². The maximum absolute atomic E-state index is 5.94. The molecule has 1 aliphatic heterocycles. The van der Waals surface area contributed by atoms with Gasteiger partial charge in [0.05, 0.1) is 0 Å². The Kier molecular flexibility index (Phi) is 6.61. The van der Waals surface area contributed by atoms with E-state index in [1.54, 1.807) is 0 Å². The van der Waals surface area contributed by atoms with E-state index in [2.05, 4.69) is 37.5 Å². The lowest BCUT2D eigenvalue weighted by molar-refractivity contribution is 0.110. The molecular weight excluding hydrogens is 222 g/mol. The third-order valence-corrected chi connectivity index (χ3v) is 3.76. The highest BCUT2D eigenvalue weighted by Gasteiger charge is 2.22. The third kappa shape index (κ3) is 6.17. The SMILES string of the molecule is CCCN1CCN(CC(CN)CC(C)(C)C)CC1. The summed E-state index contributed by atoms with van der Waals surface area (Å²) in [4.78, 5) is 5.19.